The van der Waals surface area contributed by atoms with Crippen LogP contribution in [0.25, 0.3) is 10.8 Å². The normalized spacial score (nSPS) is 17.0. The van der Waals surface area contributed by atoms with E-state index in [1.165, 1.54) is 28.7 Å². The largest absolute Gasteiger partial charge is 0.670 e. The molecule has 0 saturated heterocycles. The molecule has 0 radical (unpaired) electrons. The summed E-state index contributed by atoms with van der Waals surface area (Å²) in [4.78, 5) is 19.4. The molecule has 0 fully saturated rings. The number of β-amino-alcohol motifs (C(OH)–C–C–N with tert-alkyl or cyclic N) is 1. The number of carbonyl (C=O) groups is 1. The fraction of sp³-hybridized carbons (Fsp3) is 0.365. The molecule has 5 aromatic carbocycles. The van der Waals surface area contributed by atoms with Crippen molar-refractivity contribution in [2.24, 2.45) is 5.92 Å². The number of aliphatic hydroxyl groups excluding tert-OH is 2. The first-order valence-corrected chi connectivity index (χ1v) is 24.7. The summed E-state index contributed by atoms with van der Waals surface area (Å²) in [7, 11) is 6.37. The van der Waals surface area contributed by atoms with Crippen LogP contribution in [0, 0.1) is 5.92 Å². The maximum atomic E-state index is 15.1. The smallest absolute Gasteiger partial charge is 0.167 e. The minimum absolute atomic E-state index is 0.00108. The highest BCUT2D eigenvalue weighted by molar-refractivity contribution is 8.76. The Hall–Kier alpha value is -5.19. The monoisotopic (exact) mass is 934 g/mol. The van der Waals surface area contributed by atoms with Crippen LogP contribution < -0.4 is 25.1 Å². The van der Waals surface area contributed by atoms with Gasteiger partial charge in [0.25, 0.3) is 0 Å². The number of carbonyl (C=O) groups excluding carboxylic acids is 1. The number of ketones is 1. The van der Waals surface area contributed by atoms with Crippen molar-refractivity contribution < 1.29 is 44.9 Å². The average molecular weight is 935 g/mol. The lowest BCUT2D eigenvalue weighted by Gasteiger charge is -2.27. The Bertz CT molecular complexity index is 2580. The number of benzene rings is 5. The molecule has 6 aromatic rings. The molecule has 12 nitrogen and oxygen atoms in total. The van der Waals surface area contributed by atoms with Crippen LogP contribution in [0.3, 0.4) is 0 Å². The van der Waals surface area contributed by atoms with Gasteiger partial charge in [-0.05, 0) is 114 Å². The number of ether oxygens (including phenoxy) is 2. The van der Waals surface area contributed by atoms with Crippen LogP contribution in [0.5, 0.6) is 28.7 Å². The number of aliphatic hydroxyl groups is 3. The lowest BCUT2D eigenvalue weighted by atomic mass is 9.80. The number of Topliss-reactive ketones (excluding diaryl/α,β-unsaturated/α-hetero) is 1. The van der Waals surface area contributed by atoms with E-state index in [2.05, 4.69) is 15.6 Å². The van der Waals surface area contributed by atoms with E-state index in [4.69, 9.17) is 9.47 Å². The number of phenols is 3. The van der Waals surface area contributed by atoms with Gasteiger partial charge in [0.05, 0.1) is 18.8 Å². The van der Waals surface area contributed by atoms with Crippen molar-refractivity contribution in [3.05, 3.63) is 147 Å². The quantitative estimate of drug-likeness (QED) is 0.0407. The summed E-state index contributed by atoms with van der Waals surface area (Å²) in [5, 5.41) is 74.7. The first-order valence-electron chi connectivity index (χ1n) is 22.2. The number of nitrogens with one attached hydrogen (secondary N) is 2. The van der Waals surface area contributed by atoms with Gasteiger partial charge >= 0.3 is 0 Å². The number of methoxy groups -OCH3 is 1. The van der Waals surface area contributed by atoms with Crippen LogP contribution in [-0.2, 0) is 49.2 Å². The highest BCUT2D eigenvalue weighted by atomic mass is 33.1. The fourth-order valence-corrected chi connectivity index (χ4v) is 11.7. The first-order chi connectivity index (χ1) is 31.9. The Morgan fingerprint density at radius 1 is 0.924 bits per heavy atom. The Kier molecular flexibility index (Phi) is 16.6. The lowest BCUT2D eigenvalue weighted by molar-refractivity contribution is -0.123. The van der Waals surface area contributed by atoms with E-state index in [1.54, 1.807) is 49.6 Å². The number of nitrogens with zero attached hydrogens (tertiary/aromatic N) is 1. The van der Waals surface area contributed by atoms with Crippen molar-refractivity contribution >= 4 is 38.1 Å². The molecule has 1 aliphatic rings. The molecule has 4 atom stereocenters. The molecule has 1 aliphatic heterocycles. The van der Waals surface area contributed by atoms with Crippen LogP contribution in [0.1, 0.15) is 69.3 Å². The van der Waals surface area contributed by atoms with Crippen molar-refractivity contribution in [3.63, 3.8) is 0 Å². The maximum Gasteiger partial charge on any atom is 0.167 e. The van der Waals surface area contributed by atoms with Gasteiger partial charge in [0.2, 0.25) is 0 Å². The molecule has 0 bridgehead atoms. The molecule has 1 aromatic heterocycles. The summed E-state index contributed by atoms with van der Waals surface area (Å²) in [5.74, 6) is -0.0588. The number of hydrogen-bond donors (Lipinski definition) is 8. The van der Waals surface area contributed by atoms with Crippen molar-refractivity contribution in [1.29, 1.82) is 0 Å². The molecule has 0 aliphatic carbocycles. The fourth-order valence-electron chi connectivity index (χ4n) is 9.10. The summed E-state index contributed by atoms with van der Waals surface area (Å²) >= 11 is 0. The van der Waals surface area contributed by atoms with E-state index in [1.807, 2.05) is 61.6 Å². The van der Waals surface area contributed by atoms with Crippen LogP contribution in [0.2, 0.25) is 0 Å². The van der Waals surface area contributed by atoms with Gasteiger partial charge in [-0.3, -0.25) is 10.1 Å². The standard InChI is InChI=1S/C52H60N3O9S2/c1-52(62)29-55-31-64-51-44(28-65-66-30-52)37(11-13-46(51)59)23-42(39-19-33(26-53-2)20-41(57)22-39)48(61)25-47(60)40(18-32-14-16-54-27-32)21-36-10-12-45(58)50(63-3)43(36)24-38-9-5-7-34-6-4-8-35(15-17-56)49(34)38/h4-14,16,19-20,22,27,40,42,47,53,55-60,62H,15,17-18,21,23-26,28-31H2,1-3H3/q-1/t40-,42-,47-,52-/m1/s1. The SMILES string of the molecule is CNCc1cc(O)cc([C@@H](Cc2ccc(O)c3c2CSSC[C@](C)(O)CNCO3)C(=O)C[C@@H](O)[C@H](Cc2cc[n-]c2)Cc2ccc(O)c(OC)c2Cc2cccc3cccc(CCO)c23)c1. The molecule has 14 heteroatoms. The molecule has 2 heterocycles. The Balaban J connectivity index is 1.24. The zero-order valence-corrected chi connectivity index (χ0v) is 39.3. The van der Waals surface area contributed by atoms with E-state index in [9.17, 15) is 30.6 Å². The van der Waals surface area contributed by atoms with Gasteiger partial charge in [0.15, 0.2) is 23.0 Å². The topological polar surface area (TPSA) is 195 Å². The molecule has 0 saturated carbocycles. The van der Waals surface area contributed by atoms with Crippen molar-refractivity contribution in [2.45, 2.75) is 75.4 Å². The van der Waals surface area contributed by atoms with E-state index < -0.39 is 23.5 Å². The Labute approximate surface area is 394 Å². The predicted octanol–water partition coefficient (Wildman–Crippen LogP) is 7.09. The van der Waals surface area contributed by atoms with Crippen LogP contribution in [-0.4, -0.2) is 87.9 Å². The highest BCUT2D eigenvalue weighted by Gasteiger charge is 2.31. The Morgan fingerprint density at radius 3 is 2.44 bits per heavy atom. The van der Waals surface area contributed by atoms with Gasteiger partial charge in [0.1, 0.15) is 18.3 Å². The molecule has 0 amide bonds. The molecule has 0 unspecified atom stereocenters. The second kappa shape index (κ2) is 22.5. The van der Waals surface area contributed by atoms with Gasteiger partial charge in [-0.1, -0.05) is 87.8 Å². The maximum absolute atomic E-state index is 15.1. The van der Waals surface area contributed by atoms with Crippen molar-refractivity contribution in [3.8, 4) is 28.7 Å². The third-order valence-corrected chi connectivity index (χ3v) is 14.8. The minimum atomic E-state index is -1.13. The first kappa shape index (κ1) is 48.7. The van der Waals surface area contributed by atoms with Gasteiger partial charge in [0, 0.05) is 61.1 Å². The van der Waals surface area contributed by atoms with Crippen molar-refractivity contribution in [2.75, 3.05) is 39.8 Å². The highest BCUT2D eigenvalue weighted by Crippen LogP contribution is 2.42. The second-order valence-corrected chi connectivity index (χ2v) is 19.9. The number of phenolic OH excluding ortho intramolecular Hbond substituents is 3. The number of rotatable bonds is 18. The molecule has 8 N–H and O–H groups in total. The number of hydrogen-bond acceptors (Lipinski definition) is 13. The van der Waals surface area contributed by atoms with Crippen LogP contribution in [0.4, 0.5) is 0 Å². The summed E-state index contributed by atoms with van der Waals surface area (Å²) in [5.41, 5.74) is 6.40. The van der Waals surface area contributed by atoms with E-state index in [0.717, 1.165) is 55.3 Å². The van der Waals surface area contributed by atoms with Gasteiger partial charge in [-0.15, -0.1) is 0 Å². The third kappa shape index (κ3) is 12.0. The molecule has 7 rings (SSSR count). The van der Waals surface area contributed by atoms with Gasteiger partial charge < -0.3 is 50.4 Å². The van der Waals surface area contributed by atoms with Crippen LogP contribution >= 0.6 is 21.6 Å². The molecule has 66 heavy (non-hydrogen) atoms. The average Bonchev–Trinajstić information content (AvgIpc) is 3.80. The van der Waals surface area contributed by atoms with Crippen LogP contribution in [0.15, 0.2) is 97.3 Å². The predicted molar refractivity (Wildman–Crippen MR) is 262 cm³/mol. The zero-order chi connectivity index (χ0) is 46.8. The molecule has 350 valence electrons. The summed E-state index contributed by atoms with van der Waals surface area (Å²) in [6.07, 6.45) is 3.95. The van der Waals surface area contributed by atoms with Gasteiger partial charge in [-0.25, -0.2) is 0 Å². The Morgan fingerprint density at radius 2 is 1.70 bits per heavy atom. The second-order valence-electron chi connectivity index (χ2n) is 17.4. The summed E-state index contributed by atoms with van der Waals surface area (Å²) < 4.78 is 12.0. The van der Waals surface area contributed by atoms with Gasteiger partial charge in [-0.2, -0.15) is 12.4 Å². The number of fused-ring (bicyclic) bond motifs is 2. The van der Waals surface area contributed by atoms with Crippen molar-refractivity contribution in [1.82, 2.24) is 15.6 Å². The summed E-state index contributed by atoms with van der Waals surface area (Å²) in [6, 6.07) is 26.0. The van der Waals surface area contributed by atoms with E-state index in [-0.39, 0.29) is 49.2 Å². The number of aromatic nitrogens is 1. The minimum Gasteiger partial charge on any atom is -0.670 e. The molecule has 0 spiro atoms. The zero-order valence-electron chi connectivity index (χ0n) is 37.6. The third-order valence-electron chi connectivity index (χ3n) is 12.3. The molecular formula is C52H60N3O9S2-. The molecular weight excluding hydrogens is 875 g/mol. The number of aromatic hydroxyl groups is 3. The lowest BCUT2D eigenvalue weighted by Crippen LogP contribution is -2.41. The van der Waals surface area contributed by atoms with E-state index in [0.29, 0.717) is 67.3 Å². The van der Waals surface area contributed by atoms with E-state index >= 15 is 4.79 Å². The summed E-state index contributed by atoms with van der Waals surface area (Å²) in [6.45, 7) is 2.55.